The Morgan fingerprint density at radius 2 is 0.964 bits per heavy atom. The van der Waals surface area contributed by atoms with Crippen molar-refractivity contribution in [2.24, 2.45) is 0 Å². The summed E-state index contributed by atoms with van der Waals surface area (Å²) in [5, 5.41) is 0. The third kappa shape index (κ3) is 5.16. The zero-order valence-corrected chi connectivity index (χ0v) is 17.0. The lowest BCUT2D eigenvalue weighted by Crippen LogP contribution is -1.90. The fourth-order valence-electron chi connectivity index (χ4n) is 3.02. The van der Waals surface area contributed by atoms with Crippen molar-refractivity contribution in [3.05, 3.63) is 106 Å². The van der Waals surface area contributed by atoms with Gasteiger partial charge < -0.3 is 0 Å². The first-order valence-corrected chi connectivity index (χ1v) is 10.1. The Morgan fingerprint density at radius 3 is 1.46 bits per heavy atom. The van der Waals surface area contributed by atoms with Gasteiger partial charge in [0, 0.05) is 22.3 Å². The predicted octanol–water partition coefficient (Wildman–Crippen LogP) is 6.17. The molecule has 28 heavy (non-hydrogen) atoms. The van der Waals surface area contributed by atoms with Gasteiger partial charge in [-0.2, -0.15) is 0 Å². The molecule has 0 atom stereocenters. The molecule has 3 rings (SSSR count). The topological polar surface area (TPSA) is 0 Å². The van der Waals surface area contributed by atoms with E-state index in [2.05, 4.69) is 111 Å². The smallest absolute Gasteiger partial charge is 0.0281 e. The first kappa shape index (κ1) is 19.5. The first-order valence-electron chi connectivity index (χ1n) is 10.1. The van der Waals surface area contributed by atoms with Gasteiger partial charge in [0.05, 0.1) is 0 Å². The zero-order chi connectivity index (χ0) is 19.8. The molecule has 138 valence electrons. The minimum atomic E-state index is 0.944. The maximum Gasteiger partial charge on any atom is 0.0281 e. The minimum Gasteiger partial charge on any atom is -0.0617 e. The summed E-state index contributed by atoms with van der Waals surface area (Å²) in [6, 6.07) is 23.3. The van der Waals surface area contributed by atoms with E-state index in [1.807, 2.05) is 0 Å². The van der Waals surface area contributed by atoms with Crippen LogP contribution in [0.3, 0.4) is 0 Å². The third-order valence-corrected chi connectivity index (χ3v) is 4.90. The molecule has 0 aromatic heterocycles. The fraction of sp³-hybridized carbons (Fsp3) is 0.214. The van der Waals surface area contributed by atoms with Gasteiger partial charge in [0.2, 0.25) is 0 Å². The molecule has 0 radical (unpaired) electrons. The number of hydrogen-bond donors (Lipinski definition) is 0. The van der Waals surface area contributed by atoms with Crippen molar-refractivity contribution in [1.29, 1.82) is 0 Å². The molecule has 0 aliphatic carbocycles. The van der Waals surface area contributed by atoms with E-state index < -0.39 is 0 Å². The minimum absolute atomic E-state index is 0.944. The zero-order valence-electron chi connectivity index (χ0n) is 17.0. The lowest BCUT2D eigenvalue weighted by Gasteiger charge is -2.02. The highest BCUT2D eigenvalue weighted by atomic mass is 14.0. The average Bonchev–Trinajstić information content (AvgIpc) is 2.77. The Bertz CT molecular complexity index is 1040. The van der Waals surface area contributed by atoms with Gasteiger partial charge in [-0.1, -0.05) is 68.7 Å². The van der Waals surface area contributed by atoms with Gasteiger partial charge in [0.1, 0.15) is 0 Å². The van der Waals surface area contributed by atoms with Gasteiger partial charge in [-0.3, -0.25) is 0 Å². The van der Waals surface area contributed by atoms with Crippen molar-refractivity contribution in [3.8, 4) is 23.7 Å². The molecule has 0 amide bonds. The van der Waals surface area contributed by atoms with Crippen LogP contribution in [0.25, 0.3) is 0 Å². The van der Waals surface area contributed by atoms with E-state index in [9.17, 15) is 0 Å². The lowest BCUT2D eigenvalue weighted by atomic mass is 10.0. The highest BCUT2D eigenvalue weighted by Gasteiger charge is 1.99. The van der Waals surface area contributed by atoms with Crippen LogP contribution in [0.4, 0.5) is 0 Å². The van der Waals surface area contributed by atoms with Crippen molar-refractivity contribution in [2.45, 2.75) is 40.0 Å². The second-order valence-electron chi connectivity index (χ2n) is 6.83. The third-order valence-electron chi connectivity index (χ3n) is 4.90. The number of hydrogen-bond acceptors (Lipinski definition) is 0. The quantitative estimate of drug-likeness (QED) is 0.489. The molecule has 0 bridgehead atoms. The Labute approximate surface area is 169 Å². The first-order chi connectivity index (χ1) is 13.7. The Kier molecular flexibility index (Phi) is 6.73. The molecule has 0 fully saturated rings. The van der Waals surface area contributed by atoms with Gasteiger partial charge in [-0.05, 0) is 78.4 Å². The second kappa shape index (κ2) is 9.64. The maximum absolute atomic E-state index is 3.33. The van der Waals surface area contributed by atoms with E-state index in [0.29, 0.717) is 0 Å². The van der Waals surface area contributed by atoms with Crippen LogP contribution in [0.15, 0.2) is 66.7 Å². The molecule has 0 heteroatoms. The van der Waals surface area contributed by atoms with Crippen molar-refractivity contribution in [3.63, 3.8) is 0 Å². The Morgan fingerprint density at radius 1 is 0.500 bits per heavy atom. The van der Waals surface area contributed by atoms with Crippen LogP contribution in [-0.4, -0.2) is 0 Å². The van der Waals surface area contributed by atoms with Gasteiger partial charge in [0.25, 0.3) is 0 Å². The summed E-state index contributed by atoms with van der Waals surface area (Å²) in [5.74, 6) is 13.2. The van der Waals surface area contributed by atoms with Crippen LogP contribution in [0.2, 0.25) is 0 Å². The van der Waals surface area contributed by atoms with Crippen molar-refractivity contribution < 1.29 is 0 Å². The number of aryl methyl sites for hydroxylation is 3. The molecule has 0 unspecified atom stereocenters. The molecule has 0 aliphatic heterocycles. The van der Waals surface area contributed by atoms with Gasteiger partial charge in [-0.15, -0.1) is 0 Å². The van der Waals surface area contributed by atoms with Crippen LogP contribution in [0, 0.1) is 23.7 Å². The van der Waals surface area contributed by atoms with E-state index in [0.717, 1.165) is 41.5 Å². The lowest BCUT2D eigenvalue weighted by molar-refractivity contribution is 1.13. The Hall–Kier alpha value is -3.22. The highest BCUT2D eigenvalue weighted by Crippen LogP contribution is 2.13. The normalized spacial score (nSPS) is 9.82. The van der Waals surface area contributed by atoms with Crippen LogP contribution < -0.4 is 0 Å². The predicted molar refractivity (Wildman–Crippen MR) is 119 cm³/mol. The fourth-order valence-corrected chi connectivity index (χ4v) is 3.02. The van der Waals surface area contributed by atoms with E-state index in [1.165, 1.54) is 16.7 Å². The van der Waals surface area contributed by atoms with Gasteiger partial charge >= 0.3 is 0 Å². The molecule has 0 saturated carbocycles. The summed E-state index contributed by atoms with van der Waals surface area (Å²) in [6.45, 7) is 6.49. The summed E-state index contributed by atoms with van der Waals surface area (Å²) in [5.41, 5.74) is 8.14. The standard InChI is InChI=1S/C28H26/c1-4-22-7-11-24(12-8-22)15-16-26-18-20-28(27(6-3)21-26)19-17-25-13-9-23(5-2)10-14-25/h7-14,18,20-21H,4-6H2,1-3H3. The maximum atomic E-state index is 3.33. The van der Waals surface area contributed by atoms with Crippen LogP contribution in [-0.2, 0) is 19.3 Å². The van der Waals surface area contributed by atoms with Crippen molar-refractivity contribution in [1.82, 2.24) is 0 Å². The van der Waals surface area contributed by atoms with Crippen LogP contribution in [0.1, 0.15) is 59.7 Å². The summed E-state index contributed by atoms with van der Waals surface area (Å²) in [6.07, 6.45) is 3.05. The van der Waals surface area contributed by atoms with Crippen molar-refractivity contribution >= 4 is 0 Å². The number of benzene rings is 3. The molecule has 0 heterocycles. The van der Waals surface area contributed by atoms with Crippen LogP contribution >= 0.6 is 0 Å². The number of rotatable bonds is 3. The molecule has 3 aromatic carbocycles. The highest BCUT2D eigenvalue weighted by molar-refractivity contribution is 5.52. The summed E-state index contributed by atoms with van der Waals surface area (Å²) < 4.78 is 0. The SMILES string of the molecule is CCc1ccc(C#Cc2ccc(C#Cc3ccc(CC)cc3)c(CC)c2)cc1. The summed E-state index contributed by atoms with van der Waals surface area (Å²) in [7, 11) is 0. The van der Waals surface area contributed by atoms with Gasteiger partial charge in [0.15, 0.2) is 0 Å². The second-order valence-corrected chi connectivity index (χ2v) is 6.83. The summed E-state index contributed by atoms with van der Waals surface area (Å²) in [4.78, 5) is 0. The average molecular weight is 363 g/mol. The van der Waals surface area contributed by atoms with Gasteiger partial charge in [-0.25, -0.2) is 0 Å². The van der Waals surface area contributed by atoms with E-state index in [-0.39, 0.29) is 0 Å². The Balaban J connectivity index is 1.80. The molecular formula is C28H26. The van der Waals surface area contributed by atoms with E-state index in [1.54, 1.807) is 0 Å². The largest absolute Gasteiger partial charge is 0.0617 e. The molecule has 0 saturated heterocycles. The molecule has 0 aliphatic rings. The van der Waals surface area contributed by atoms with E-state index >= 15 is 0 Å². The molecule has 0 spiro atoms. The monoisotopic (exact) mass is 362 g/mol. The van der Waals surface area contributed by atoms with E-state index in [4.69, 9.17) is 0 Å². The molecule has 0 nitrogen and oxygen atoms in total. The summed E-state index contributed by atoms with van der Waals surface area (Å²) >= 11 is 0. The van der Waals surface area contributed by atoms with Crippen molar-refractivity contribution in [2.75, 3.05) is 0 Å². The molecule has 3 aromatic rings. The van der Waals surface area contributed by atoms with Crippen LogP contribution in [0.5, 0.6) is 0 Å². The molecular weight excluding hydrogens is 336 g/mol. The molecule has 0 N–H and O–H groups in total.